The third kappa shape index (κ3) is 10.0. The van der Waals surface area contributed by atoms with Crippen molar-refractivity contribution < 1.29 is 72.9 Å². The van der Waals surface area contributed by atoms with Gasteiger partial charge in [0.1, 0.15) is 6.04 Å². The summed E-state index contributed by atoms with van der Waals surface area (Å²) < 4.78 is 0. The molecule has 0 spiro atoms. The molecule has 1 unspecified atom stereocenters. The van der Waals surface area contributed by atoms with Gasteiger partial charge in [0.05, 0.1) is 0 Å². The van der Waals surface area contributed by atoms with Gasteiger partial charge in [-0.1, -0.05) is 48.9 Å². The molecule has 0 saturated carbocycles. The molecule has 0 fully saturated rings. The molecule has 1 aliphatic rings. The van der Waals surface area contributed by atoms with Crippen molar-refractivity contribution in [3.05, 3.63) is 67.1 Å². The molecule has 0 aliphatic heterocycles. The van der Waals surface area contributed by atoms with Gasteiger partial charge in [-0.05, 0) is 31.9 Å². The Kier molecular flexibility index (Phi) is 14.9. The molecule has 5 heteroatoms. The fraction of sp³-hybridized carbons (Fsp3) is 0.278. The van der Waals surface area contributed by atoms with Gasteiger partial charge in [-0.25, -0.2) is 4.79 Å². The first-order chi connectivity index (χ1) is 10.0. The monoisotopic (exact) mass is 387 g/mol. The second-order valence-electron chi connectivity index (χ2n) is 4.73. The molecule has 1 atom stereocenters. The van der Waals surface area contributed by atoms with Crippen LogP contribution in [0.3, 0.4) is 0 Å². The SMILES string of the molecule is C1=CCC=C1.CCC(NC(=O)c1ccc(C)cc1)C(=O)O.[CH3-].[Rb+]. The maximum absolute atomic E-state index is 11.7. The summed E-state index contributed by atoms with van der Waals surface area (Å²) in [7, 11) is 0. The zero-order valence-corrected chi connectivity index (χ0v) is 19.3. The summed E-state index contributed by atoms with van der Waals surface area (Å²) in [6, 6.07) is 6.17. The zero-order valence-electron chi connectivity index (χ0n) is 14.4. The number of carboxylic acid groups (broad SMARTS) is 1. The molecule has 1 amide bonds. The summed E-state index contributed by atoms with van der Waals surface area (Å²) in [5.74, 6) is -1.36. The fourth-order valence-corrected chi connectivity index (χ4v) is 1.68. The van der Waals surface area contributed by atoms with E-state index in [4.69, 9.17) is 5.11 Å². The Morgan fingerprint density at radius 2 is 1.70 bits per heavy atom. The maximum atomic E-state index is 11.7. The number of carbonyl (C=O) groups is 2. The van der Waals surface area contributed by atoms with E-state index >= 15 is 0 Å². The van der Waals surface area contributed by atoms with Crippen LogP contribution in [-0.2, 0) is 4.79 Å². The van der Waals surface area contributed by atoms with E-state index in [2.05, 4.69) is 29.6 Å². The minimum atomic E-state index is -1.01. The van der Waals surface area contributed by atoms with Gasteiger partial charge >= 0.3 is 64.2 Å². The fourth-order valence-electron chi connectivity index (χ4n) is 1.68. The van der Waals surface area contributed by atoms with Crippen LogP contribution in [0.1, 0.15) is 35.7 Å². The van der Waals surface area contributed by atoms with Crippen LogP contribution in [-0.4, -0.2) is 23.0 Å². The Bertz CT molecular complexity index is 526. The summed E-state index contributed by atoms with van der Waals surface area (Å²) in [5, 5.41) is 11.3. The van der Waals surface area contributed by atoms with Crippen LogP contribution in [0.15, 0.2) is 48.6 Å². The third-order valence-electron chi connectivity index (χ3n) is 2.98. The number of amides is 1. The molecule has 4 nitrogen and oxygen atoms in total. The van der Waals surface area contributed by atoms with Gasteiger partial charge in [0, 0.05) is 5.56 Å². The molecule has 0 radical (unpaired) electrons. The van der Waals surface area contributed by atoms with Gasteiger partial charge in [0.25, 0.3) is 5.91 Å². The summed E-state index contributed by atoms with van der Waals surface area (Å²) in [5.41, 5.74) is 1.53. The van der Waals surface area contributed by atoms with Gasteiger partial charge in [-0.2, -0.15) is 0 Å². The van der Waals surface area contributed by atoms with Crippen molar-refractivity contribution in [2.75, 3.05) is 0 Å². The summed E-state index contributed by atoms with van der Waals surface area (Å²) in [6.07, 6.45) is 9.87. The minimum Gasteiger partial charge on any atom is -0.480 e. The predicted octanol–water partition coefficient (Wildman–Crippen LogP) is 0.545. The molecule has 1 aromatic carbocycles. The Hall–Kier alpha value is -0.555. The molecule has 0 heterocycles. The number of carboxylic acids is 1. The number of hydrogen-bond donors (Lipinski definition) is 2. The molecular weight excluding hydrogens is 364 g/mol. The Labute approximate surface area is 187 Å². The van der Waals surface area contributed by atoms with Crippen molar-refractivity contribution in [1.82, 2.24) is 5.32 Å². The van der Waals surface area contributed by atoms with Crippen LogP contribution in [0, 0.1) is 14.4 Å². The summed E-state index contributed by atoms with van der Waals surface area (Å²) in [6.45, 7) is 3.64. The molecule has 1 aliphatic carbocycles. The largest absolute Gasteiger partial charge is 1.00 e. The Balaban J connectivity index is 0. The van der Waals surface area contributed by atoms with Crippen LogP contribution in [0.5, 0.6) is 0 Å². The standard InChI is InChI=1S/C12H15NO3.C5H6.CH3.Rb/c1-3-10(12(15)16)13-11(14)9-6-4-8(2)5-7-9;1-2-4-5-3-1;;/h4-7,10H,3H2,1-2H3,(H,13,14)(H,15,16);1-4H,5H2;1H3;/q;;-1;+1. The van der Waals surface area contributed by atoms with Crippen molar-refractivity contribution >= 4 is 11.9 Å². The van der Waals surface area contributed by atoms with E-state index in [0.717, 1.165) is 12.0 Å². The second-order valence-corrected chi connectivity index (χ2v) is 4.73. The van der Waals surface area contributed by atoms with Crippen molar-refractivity contribution in [2.24, 2.45) is 0 Å². The van der Waals surface area contributed by atoms with E-state index in [1.54, 1.807) is 19.1 Å². The molecule has 1 aromatic rings. The minimum absolute atomic E-state index is 0. The summed E-state index contributed by atoms with van der Waals surface area (Å²) >= 11 is 0. The van der Waals surface area contributed by atoms with Gasteiger partial charge in [0.15, 0.2) is 0 Å². The molecule has 23 heavy (non-hydrogen) atoms. The van der Waals surface area contributed by atoms with Crippen LogP contribution in [0.2, 0.25) is 0 Å². The summed E-state index contributed by atoms with van der Waals surface area (Å²) in [4.78, 5) is 22.4. The smallest absolute Gasteiger partial charge is 0.480 e. The van der Waals surface area contributed by atoms with Crippen LogP contribution >= 0.6 is 0 Å². The number of rotatable bonds is 4. The topological polar surface area (TPSA) is 66.4 Å². The second kappa shape index (κ2) is 13.8. The molecule has 0 bridgehead atoms. The first-order valence-corrected chi connectivity index (χ1v) is 6.96. The molecule has 2 rings (SSSR count). The van der Waals surface area contributed by atoms with E-state index in [0.29, 0.717) is 12.0 Å². The number of carbonyl (C=O) groups excluding carboxylic acids is 1. The first kappa shape index (κ1) is 24.7. The van der Waals surface area contributed by atoms with Crippen LogP contribution in [0.4, 0.5) is 0 Å². The van der Waals surface area contributed by atoms with Crippen LogP contribution in [0.25, 0.3) is 0 Å². The van der Waals surface area contributed by atoms with Crippen molar-refractivity contribution in [3.63, 3.8) is 0 Å². The van der Waals surface area contributed by atoms with E-state index in [9.17, 15) is 9.59 Å². The molecule has 0 saturated heterocycles. The molecule has 2 N–H and O–H groups in total. The van der Waals surface area contributed by atoms with E-state index in [-0.39, 0.29) is 71.5 Å². The first-order valence-electron chi connectivity index (χ1n) is 6.96. The Morgan fingerprint density at radius 1 is 1.17 bits per heavy atom. The average molecular weight is 388 g/mol. The van der Waals surface area contributed by atoms with Crippen LogP contribution < -0.4 is 63.5 Å². The predicted molar refractivity (Wildman–Crippen MR) is 89.7 cm³/mol. The average Bonchev–Trinajstić information content (AvgIpc) is 3.04. The number of aryl methyl sites for hydroxylation is 1. The third-order valence-corrected chi connectivity index (χ3v) is 2.98. The van der Waals surface area contributed by atoms with E-state index < -0.39 is 12.0 Å². The van der Waals surface area contributed by atoms with Gasteiger partial charge in [-0.3, -0.25) is 4.79 Å². The number of aliphatic carboxylic acids is 1. The number of allylic oxidation sites excluding steroid dienone is 4. The van der Waals surface area contributed by atoms with Gasteiger partial charge in [-0.15, -0.1) is 0 Å². The van der Waals surface area contributed by atoms with Gasteiger partial charge in [0.2, 0.25) is 0 Å². The van der Waals surface area contributed by atoms with E-state index in [1.807, 2.05) is 19.1 Å². The van der Waals surface area contributed by atoms with Gasteiger partial charge < -0.3 is 17.8 Å². The van der Waals surface area contributed by atoms with Crippen molar-refractivity contribution in [1.29, 1.82) is 0 Å². The zero-order chi connectivity index (χ0) is 15.7. The molecule has 120 valence electrons. The Morgan fingerprint density at radius 3 is 2.04 bits per heavy atom. The molecule has 0 aromatic heterocycles. The quantitative estimate of drug-likeness (QED) is 0.741. The number of hydrogen-bond acceptors (Lipinski definition) is 2. The van der Waals surface area contributed by atoms with E-state index in [1.165, 1.54) is 0 Å². The maximum Gasteiger partial charge on any atom is 1.00 e. The van der Waals surface area contributed by atoms with Crippen molar-refractivity contribution in [3.8, 4) is 0 Å². The number of benzene rings is 1. The van der Waals surface area contributed by atoms with Crippen molar-refractivity contribution in [2.45, 2.75) is 32.7 Å². The number of nitrogens with one attached hydrogen (secondary N) is 1. The molecular formula is C18H24NO3Rb. The normalized spacial score (nSPS) is 12.1.